The first-order chi connectivity index (χ1) is 27.5. The van der Waals surface area contributed by atoms with Crippen LogP contribution in [0.15, 0.2) is 66.7 Å². The van der Waals surface area contributed by atoms with Crippen LogP contribution in [0, 0.1) is 5.92 Å². The van der Waals surface area contributed by atoms with Crippen molar-refractivity contribution in [1.82, 2.24) is 15.5 Å². The van der Waals surface area contributed by atoms with Gasteiger partial charge in [0, 0.05) is 55.6 Å². The number of hydrogen-bond acceptors (Lipinski definition) is 9. The first-order valence-electron chi connectivity index (χ1n) is 20.3. The van der Waals surface area contributed by atoms with E-state index in [0.29, 0.717) is 49.7 Å². The van der Waals surface area contributed by atoms with Crippen LogP contribution < -0.4 is 35.3 Å². The van der Waals surface area contributed by atoms with Gasteiger partial charge in [-0.3, -0.25) is 19.2 Å². The topological polar surface area (TPSA) is 144 Å². The largest absolute Gasteiger partial charge is 0.497 e. The van der Waals surface area contributed by atoms with Gasteiger partial charge in [-0.2, -0.15) is 0 Å². The molecule has 0 radical (unpaired) electrons. The maximum Gasteiger partial charge on any atom is 0.264 e. The number of amides is 4. The summed E-state index contributed by atoms with van der Waals surface area (Å²) in [5, 5.41) is 17.6. The Kier molecular flexibility index (Phi) is 10.8. The number of ether oxygens (including phenoxy) is 2. The van der Waals surface area contributed by atoms with Crippen LogP contribution in [-0.2, 0) is 36.1 Å². The summed E-state index contributed by atoms with van der Waals surface area (Å²) < 4.78 is 12.8. The van der Waals surface area contributed by atoms with E-state index in [1.165, 1.54) is 0 Å². The quantitative estimate of drug-likeness (QED) is 0.264. The average molecular weight is 795 g/mol. The number of anilines is 3. The second kappa shape index (κ2) is 15.6. The lowest BCUT2D eigenvalue weighted by atomic mass is 9.82. The van der Waals surface area contributed by atoms with Crippen LogP contribution in [0.4, 0.5) is 17.1 Å². The van der Waals surface area contributed by atoms with E-state index in [4.69, 9.17) is 9.47 Å². The Morgan fingerprint density at radius 2 is 1.61 bits per heavy atom. The van der Waals surface area contributed by atoms with Gasteiger partial charge in [0.2, 0.25) is 17.7 Å². The Morgan fingerprint density at radius 3 is 2.26 bits per heavy atom. The second-order valence-corrected chi connectivity index (χ2v) is 21.3. The van der Waals surface area contributed by atoms with E-state index in [0.717, 1.165) is 35.0 Å². The molecule has 0 bridgehead atoms. The molecule has 14 heteroatoms. The summed E-state index contributed by atoms with van der Waals surface area (Å²) in [5.41, 5.74) is 2.14. The van der Waals surface area contributed by atoms with Crippen LogP contribution in [0.1, 0.15) is 37.3 Å². The van der Waals surface area contributed by atoms with Crippen LogP contribution in [0.25, 0.3) is 0 Å². The Morgan fingerprint density at radius 1 is 0.930 bits per heavy atom. The maximum absolute atomic E-state index is 15.6. The standard InChI is InChI=1S/C43H54N6O7Si/c1-28-41(57(3,4)34-13-11-33(55-2)12-14-34)37(23-38(51)46-18-6-9-32(46)27-50)56-43(28)35-22-31(48-20-17-45-25-40(48)53)10-15-36(35)49(42(43)54)26-29-7-5-8-30(21-29)47-19-16-44-24-39(47)52/h5,7-8,10-15,21-22,28,32,37,41,44-45,50H,6,9,16-20,23-27H2,1-4H3/t28-,32+,37+,41-,43+/m1/s1. The number of piperazine rings is 2. The number of methoxy groups -OCH3 is 1. The van der Waals surface area contributed by atoms with Gasteiger partial charge in [-0.25, -0.2) is 0 Å². The molecule has 4 saturated heterocycles. The zero-order valence-corrected chi connectivity index (χ0v) is 34.3. The van der Waals surface area contributed by atoms with E-state index in [9.17, 15) is 19.5 Å². The predicted octanol–water partition coefficient (Wildman–Crippen LogP) is 2.70. The Bertz CT molecular complexity index is 2050. The first kappa shape index (κ1) is 39.2. The Hall–Kier alpha value is -4.60. The minimum absolute atomic E-state index is 0.00220. The number of carbonyl (C=O) groups excluding carboxylic acids is 4. The van der Waals surface area contributed by atoms with Gasteiger partial charge < -0.3 is 44.8 Å². The molecule has 57 heavy (non-hydrogen) atoms. The SMILES string of the molecule is COc1ccc([Si](C)(C)[C@H]2[C@H](CC(=O)N3CCC[C@H]3CO)O[C@@]3(C(=O)N(Cc4cccc(N5CCNCC5=O)c4)c4ccc(N5CCNCC5=O)cc43)[C@@H]2C)cc1. The zero-order valence-electron chi connectivity index (χ0n) is 33.3. The Balaban J connectivity index is 1.23. The minimum atomic E-state index is -2.56. The maximum atomic E-state index is 15.6. The fourth-order valence-corrected chi connectivity index (χ4v) is 14.2. The van der Waals surface area contributed by atoms with E-state index < -0.39 is 19.8 Å². The lowest BCUT2D eigenvalue weighted by Crippen LogP contribution is -2.52. The molecule has 3 aromatic rings. The van der Waals surface area contributed by atoms with Crippen molar-refractivity contribution in [2.24, 2.45) is 5.92 Å². The smallest absolute Gasteiger partial charge is 0.264 e. The van der Waals surface area contributed by atoms with Crippen molar-refractivity contribution in [2.75, 3.05) is 74.2 Å². The van der Waals surface area contributed by atoms with Gasteiger partial charge in [-0.15, -0.1) is 0 Å². The highest BCUT2D eigenvalue weighted by Crippen LogP contribution is 2.60. The summed E-state index contributed by atoms with van der Waals surface area (Å²) in [4.78, 5) is 63.0. The molecule has 0 saturated carbocycles. The first-order valence-corrected chi connectivity index (χ1v) is 23.4. The lowest BCUT2D eigenvalue weighted by molar-refractivity contribution is -0.150. The van der Waals surface area contributed by atoms with Gasteiger partial charge in [-0.05, 0) is 66.4 Å². The number of rotatable bonds is 10. The molecular formula is C43H54N6O7Si. The van der Waals surface area contributed by atoms with Gasteiger partial charge in [-0.1, -0.05) is 49.5 Å². The van der Waals surface area contributed by atoms with Crippen LogP contribution in [0.2, 0.25) is 18.6 Å². The summed E-state index contributed by atoms with van der Waals surface area (Å²) in [6.45, 7) is 10.3. The monoisotopic (exact) mass is 794 g/mol. The van der Waals surface area contributed by atoms with Gasteiger partial charge >= 0.3 is 0 Å². The number of hydrogen-bond donors (Lipinski definition) is 3. The molecule has 5 heterocycles. The zero-order chi connectivity index (χ0) is 40.1. The Labute approximate surface area is 335 Å². The molecule has 13 nitrogen and oxygen atoms in total. The molecule has 1 spiro atoms. The van der Waals surface area contributed by atoms with Gasteiger partial charge in [0.1, 0.15) is 5.75 Å². The molecule has 3 aromatic carbocycles. The fraction of sp³-hybridized carbons (Fsp3) is 0.488. The van der Waals surface area contributed by atoms with E-state index in [1.807, 2.05) is 54.6 Å². The van der Waals surface area contributed by atoms with Crippen molar-refractivity contribution in [3.63, 3.8) is 0 Å². The van der Waals surface area contributed by atoms with Crippen LogP contribution in [0.3, 0.4) is 0 Å². The summed E-state index contributed by atoms with van der Waals surface area (Å²) in [6, 6.07) is 21.5. The van der Waals surface area contributed by atoms with E-state index in [2.05, 4.69) is 42.8 Å². The third kappa shape index (κ3) is 6.84. The molecule has 8 rings (SSSR count). The third-order valence-corrected chi connectivity index (χ3v) is 17.5. The summed E-state index contributed by atoms with van der Waals surface area (Å²) >= 11 is 0. The highest BCUT2D eigenvalue weighted by molar-refractivity contribution is 6.91. The van der Waals surface area contributed by atoms with Crippen molar-refractivity contribution in [1.29, 1.82) is 0 Å². The van der Waals surface area contributed by atoms with Crippen LogP contribution in [-0.4, -0.2) is 113 Å². The van der Waals surface area contributed by atoms with E-state index in [1.54, 1.807) is 26.7 Å². The number of nitrogens with one attached hydrogen (secondary N) is 2. The summed E-state index contributed by atoms with van der Waals surface area (Å²) in [5.74, 6) is 0.0644. The molecule has 3 N–H and O–H groups in total. The predicted molar refractivity (Wildman–Crippen MR) is 221 cm³/mol. The second-order valence-electron chi connectivity index (χ2n) is 16.6. The molecule has 5 atom stereocenters. The average Bonchev–Trinajstić information content (AvgIpc) is 3.88. The van der Waals surface area contributed by atoms with Gasteiger partial charge in [0.25, 0.3) is 5.91 Å². The molecule has 0 aromatic heterocycles. The number of fused-ring (bicyclic) bond motifs is 2. The van der Waals surface area contributed by atoms with Crippen molar-refractivity contribution in [2.45, 2.75) is 69.1 Å². The minimum Gasteiger partial charge on any atom is -0.497 e. The summed E-state index contributed by atoms with van der Waals surface area (Å²) in [6.07, 6.45) is 1.07. The number of likely N-dealkylation sites (tertiary alicyclic amines) is 1. The van der Waals surface area contributed by atoms with Gasteiger partial charge in [0.15, 0.2) is 5.60 Å². The van der Waals surface area contributed by atoms with Crippen LogP contribution in [0.5, 0.6) is 5.75 Å². The number of aliphatic hydroxyl groups excluding tert-OH is 1. The molecule has 5 aliphatic heterocycles. The van der Waals surface area contributed by atoms with Crippen LogP contribution >= 0.6 is 0 Å². The van der Waals surface area contributed by atoms with E-state index in [-0.39, 0.29) is 73.8 Å². The number of aliphatic hydroxyl groups is 1. The normalized spacial score (nSPS) is 26.5. The molecule has 0 aliphatic carbocycles. The van der Waals surface area contributed by atoms with E-state index >= 15 is 4.79 Å². The number of carbonyl (C=O) groups is 4. The summed E-state index contributed by atoms with van der Waals surface area (Å²) in [7, 11) is -0.913. The molecule has 5 aliphatic rings. The highest BCUT2D eigenvalue weighted by atomic mass is 28.3. The highest BCUT2D eigenvalue weighted by Gasteiger charge is 2.66. The molecule has 302 valence electrons. The van der Waals surface area contributed by atoms with Crippen molar-refractivity contribution >= 4 is 54.0 Å². The number of nitrogens with zero attached hydrogens (tertiary/aromatic N) is 4. The lowest BCUT2D eigenvalue weighted by Gasteiger charge is -2.37. The van der Waals surface area contributed by atoms with Crippen molar-refractivity contribution in [3.8, 4) is 5.75 Å². The molecule has 4 fully saturated rings. The van der Waals surface area contributed by atoms with Gasteiger partial charge in [0.05, 0.1) is 65.7 Å². The third-order valence-electron chi connectivity index (χ3n) is 13.2. The van der Waals surface area contributed by atoms with Crippen molar-refractivity contribution < 1.29 is 33.8 Å². The molecular weight excluding hydrogens is 741 g/mol. The molecule has 4 amide bonds. The molecule has 0 unspecified atom stereocenters. The fourth-order valence-electron chi connectivity index (χ4n) is 10.2. The number of benzene rings is 3. The van der Waals surface area contributed by atoms with Crippen molar-refractivity contribution in [3.05, 3.63) is 77.9 Å².